The van der Waals surface area contributed by atoms with Crippen LogP contribution in [-0.2, 0) is 4.79 Å². The van der Waals surface area contributed by atoms with Crippen molar-refractivity contribution in [2.45, 2.75) is 77.5 Å². The van der Waals surface area contributed by atoms with Crippen molar-refractivity contribution in [3.8, 4) is 0 Å². The molecule has 1 saturated carbocycles. The van der Waals surface area contributed by atoms with Gasteiger partial charge in [-0.15, -0.1) is 0 Å². The number of amides is 1. The lowest BCUT2D eigenvalue weighted by Crippen LogP contribution is -2.46. The van der Waals surface area contributed by atoms with Gasteiger partial charge in [0.05, 0.1) is 11.7 Å². The molecule has 0 bridgehead atoms. The van der Waals surface area contributed by atoms with E-state index in [2.05, 4.69) is 49.9 Å². The molecule has 1 amide bonds. The van der Waals surface area contributed by atoms with Gasteiger partial charge >= 0.3 is 0 Å². The molecule has 2 atom stereocenters. The molecule has 4 heteroatoms. The SMILES string of the molecule is CCC(C)N(C)CCN1C(=O)C2(CCCC2)NC1C(C)C. The van der Waals surface area contributed by atoms with Crippen LogP contribution in [0, 0.1) is 5.92 Å². The minimum absolute atomic E-state index is 0.209. The van der Waals surface area contributed by atoms with E-state index in [1.807, 2.05) is 0 Å². The van der Waals surface area contributed by atoms with Crippen LogP contribution < -0.4 is 5.32 Å². The number of carbonyl (C=O) groups excluding carboxylic acids is 1. The Bertz CT molecular complexity index is 363. The first-order valence-electron chi connectivity index (χ1n) is 8.70. The predicted octanol–water partition coefficient (Wildman–Crippen LogP) is 2.44. The maximum Gasteiger partial charge on any atom is 0.244 e. The summed E-state index contributed by atoms with van der Waals surface area (Å²) in [6, 6.07) is 0.577. The van der Waals surface area contributed by atoms with Gasteiger partial charge in [0.1, 0.15) is 0 Å². The van der Waals surface area contributed by atoms with E-state index in [1.165, 1.54) is 12.8 Å². The van der Waals surface area contributed by atoms with Crippen molar-refractivity contribution in [1.29, 1.82) is 0 Å². The molecule has 1 N–H and O–H groups in total. The second-order valence-electron chi connectivity index (χ2n) is 7.36. The van der Waals surface area contributed by atoms with Crippen molar-refractivity contribution < 1.29 is 4.79 Å². The zero-order valence-electron chi connectivity index (χ0n) is 14.5. The lowest BCUT2D eigenvalue weighted by molar-refractivity contribution is -0.133. The first-order valence-corrected chi connectivity index (χ1v) is 8.70. The molecule has 1 aliphatic heterocycles. The number of nitrogens with one attached hydrogen (secondary N) is 1. The standard InChI is InChI=1S/C17H33N3O/c1-6-14(4)19(5)11-12-20-15(13(2)3)18-17(16(20)21)9-7-8-10-17/h13-15,18H,6-12H2,1-5H3. The summed E-state index contributed by atoms with van der Waals surface area (Å²) in [6.07, 6.45) is 5.77. The summed E-state index contributed by atoms with van der Waals surface area (Å²) in [6.45, 7) is 10.7. The van der Waals surface area contributed by atoms with Crippen LogP contribution in [0.2, 0.25) is 0 Å². The summed E-state index contributed by atoms with van der Waals surface area (Å²) in [5.41, 5.74) is -0.232. The van der Waals surface area contributed by atoms with Crippen LogP contribution in [0.3, 0.4) is 0 Å². The molecule has 1 aliphatic carbocycles. The zero-order chi connectivity index (χ0) is 15.6. The molecule has 0 aromatic heterocycles. The van der Waals surface area contributed by atoms with Crippen LogP contribution in [-0.4, -0.2) is 53.6 Å². The van der Waals surface area contributed by atoms with Gasteiger partial charge in [-0.2, -0.15) is 0 Å². The van der Waals surface area contributed by atoms with Crippen LogP contribution in [0.25, 0.3) is 0 Å². The molecular weight excluding hydrogens is 262 g/mol. The normalized spacial score (nSPS) is 26.5. The summed E-state index contributed by atoms with van der Waals surface area (Å²) in [4.78, 5) is 17.4. The summed E-state index contributed by atoms with van der Waals surface area (Å²) in [5, 5.41) is 3.69. The number of hydrogen-bond donors (Lipinski definition) is 1. The van der Waals surface area contributed by atoms with Gasteiger partial charge in [-0.25, -0.2) is 0 Å². The Labute approximate surface area is 130 Å². The van der Waals surface area contributed by atoms with Gasteiger partial charge in [-0.05, 0) is 39.2 Å². The molecule has 21 heavy (non-hydrogen) atoms. The second kappa shape index (κ2) is 6.66. The van der Waals surface area contributed by atoms with E-state index in [9.17, 15) is 4.79 Å². The van der Waals surface area contributed by atoms with Gasteiger partial charge < -0.3 is 9.80 Å². The number of rotatable bonds is 6. The summed E-state index contributed by atoms with van der Waals surface area (Å²) >= 11 is 0. The molecule has 1 heterocycles. The van der Waals surface area contributed by atoms with Crippen molar-refractivity contribution in [2.75, 3.05) is 20.1 Å². The van der Waals surface area contributed by atoms with E-state index in [4.69, 9.17) is 0 Å². The fourth-order valence-corrected chi connectivity index (χ4v) is 3.73. The van der Waals surface area contributed by atoms with Crippen molar-refractivity contribution in [3.05, 3.63) is 0 Å². The van der Waals surface area contributed by atoms with Gasteiger partial charge in [-0.1, -0.05) is 33.6 Å². The summed E-state index contributed by atoms with van der Waals surface area (Å²) in [7, 11) is 2.16. The highest BCUT2D eigenvalue weighted by Crippen LogP contribution is 2.37. The van der Waals surface area contributed by atoms with E-state index in [-0.39, 0.29) is 11.7 Å². The zero-order valence-corrected chi connectivity index (χ0v) is 14.5. The molecule has 2 unspecified atom stereocenters. The highest BCUT2D eigenvalue weighted by molar-refractivity contribution is 5.89. The van der Waals surface area contributed by atoms with E-state index in [0.717, 1.165) is 32.4 Å². The molecule has 1 spiro atoms. The van der Waals surface area contributed by atoms with Crippen LogP contribution in [0.1, 0.15) is 59.8 Å². The number of hydrogen-bond acceptors (Lipinski definition) is 3. The largest absolute Gasteiger partial charge is 0.324 e. The minimum atomic E-state index is -0.232. The molecule has 122 valence electrons. The number of carbonyl (C=O) groups is 1. The Morgan fingerprint density at radius 1 is 1.33 bits per heavy atom. The first-order chi connectivity index (χ1) is 9.91. The lowest BCUT2D eigenvalue weighted by atomic mass is 9.98. The Balaban J connectivity index is 2.03. The highest BCUT2D eigenvalue weighted by atomic mass is 16.2. The molecule has 0 radical (unpaired) electrons. The minimum Gasteiger partial charge on any atom is -0.324 e. The van der Waals surface area contributed by atoms with Crippen LogP contribution in [0.4, 0.5) is 0 Å². The van der Waals surface area contributed by atoms with E-state index in [0.29, 0.717) is 17.9 Å². The van der Waals surface area contributed by atoms with Crippen molar-refractivity contribution >= 4 is 5.91 Å². The number of nitrogens with zero attached hydrogens (tertiary/aromatic N) is 2. The van der Waals surface area contributed by atoms with Gasteiger partial charge in [0.2, 0.25) is 5.91 Å². The van der Waals surface area contributed by atoms with Crippen molar-refractivity contribution in [3.63, 3.8) is 0 Å². The number of likely N-dealkylation sites (N-methyl/N-ethyl adjacent to an activating group) is 1. The van der Waals surface area contributed by atoms with E-state index in [1.54, 1.807) is 0 Å². The average Bonchev–Trinajstić information content (AvgIpc) is 3.03. The third-order valence-electron chi connectivity index (χ3n) is 5.56. The van der Waals surface area contributed by atoms with Crippen molar-refractivity contribution in [1.82, 2.24) is 15.1 Å². The quantitative estimate of drug-likeness (QED) is 0.817. The fraction of sp³-hybridized carbons (Fsp3) is 0.941. The van der Waals surface area contributed by atoms with Crippen LogP contribution >= 0.6 is 0 Å². The third kappa shape index (κ3) is 3.26. The Morgan fingerprint density at radius 3 is 2.48 bits per heavy atom. The van der Waals surface area contributed by atoms with Crippen LogP contribution in [0.5, 0.6) is 0 Å². The van der Waals surface area contributed by atoms with Gasteiger partial charge in [-0.3, -0.25) is 10.1 Å². The maximum atomic E-state index is 12.9. The monoisotopic (exact) mass is 295 g/mol. The van der Waals surface area contributed by atoms with E-state index < -0.39 is 0 Å². The molecule has 0 aromatic rings. The predicted molar refractivity (Wildman–Crippen MR) is 87.1 cm³/mol. The third-order valence-corrected chi connectivity index (χ3v) is 5.56. The second-order valence-corrected chi connectivity index (χ2v) is 7.36. The first kappa shape index (κ1) is 16.8. The average molecular weight is 295 g/mol. The highest BCUT2D eigenvalue weighted by Gasteiger charge is 2.52. The molecular formula is C17H33N3O. The van der Waals surface area contributed by atoms with E-state index >= 15 is 0 Å². The summed E-state index contributed by atoms with van der Waals surface area (Å²) < 4.78 is 0. The van der Waals surface area contributed by atoms with Gasteiger partial charge in [0, 0.05) is 19.1 Å². The molecule has 4 nitrogen and oxygen atoms in total. The Kier molecular flexibility index (Phi) is 5.31. The fourth-order valence-electron chi connectivity index (χ4n) is 3.73. The van der Waals surface area contributed by atoms with Crippen molar-refractivity contribution in [2.24, 2.45) is 5.92 Å². The Hall–Kier alpha value is -0.610. The topological polar surface area (TPSA) is 35.6 Å². The lowest BCUT2D eigenvalue weighted by Gasteiger charge is -2.31. The van der Waals surface area contributed by atoms with Crippen LogP contribution in [0.15, 0.2) is 0 Å². The maximum absolute atomic E-state index is 12.9. The molecule has 0 aromatic carbocycles. The van der Waals surface area contributed by atoms with Gasteiger partial charge in [0.15, 0.2) is 0 Å². The molecule has 2 aliphatic rings. The smallest absolute Gasteiger partial charge is 0.244 e. The summed E-state index contributed by atoms with van der Waals surface area (Å²) in [5.74, 6) is 0.819. The molecule has 2 rings (SSSR count). The Morgan fingerprint density at radius 2 is 1.95 bits per heavy atom. The molecule has 2 fully saturated rings. The molecule has 1 saturated heterocycles. The van der Waals surface area contributed by atoms with Gasteiger partial charge in [0.25, 0.3) is 0 Å².